The van der Waals surface area contributed by atoms with Gasteiger partial charge in [0.1, 0.15) is 11.6 Å². The van der Waals surface area contributed by atoms with Gasteiger partial charge in [0, 0.05) is 11.2 Å². The molecule has 1 rings (SSSR count). The minimum atomic E-state index is -0.217. The first kappa shape index (κ1) is 13.5. The first-order valence-electron chi connectivity index (χ1n) is 5.49. The average molecular weight is 289 g/mol. The second-order valence-electron chi connectivity index (χ2n) is 4.38. The Morgan fingerprint density at radius 1 is 1.38 bits per heavy atom. The van der Waals surface area contributed by atoms with Gasteiger partial charge in [0.15, 0.2) is 0 Å². The topological polar surface area (TPSA) is 9.23 Å². The third-order valence-corrected chi connectivity index (χ3v) is 3.56. The second kappa shape index (κ2) is 6.24. The van der Waals surface area contributed by atoms with E-state index in [0.29, 0.717) is 18.4 Å². The zero-order chi connectivity index (χ0) is 12.1. The number of ether oxygens (including phenoxy) is 1. The molecule has 0 N–H and O–H groups in total. The van der Waals surface area contributed by atoms with Gasteiger partial charge in [0.2, 0.25) is 0 Å². The minimum absolute atomic E-state index is 0.217. The van der Waals surface area contributed by atoms with Crippen LogP contribution in [0.5, 0.6) is 5.75 Å². The molecule has 16 heavy (non-hydrogen) atoms. The Kier molecular flexibility index (Phi) is 5.26. The van der Waals surface area contributed by atoms with E-state index in [0.717, 1.165) is 16.6 Å². The summed E-state index contributed by atoms with van der Waals surface area (Å²) in [6.07, 6.45) is 0. The number of halogens is 2. The first-order chi connectivity index (χ1) is 7.54. The Hall–Kier alpha value is -0.570. The van der Waals surface area contributed by atoms with Crippen LogP contribution in [0.3, 0.4) is 0 Å². The number of alkyl halides is 1. The molecule has 90 valence electrons. The number of hydrogen-bond donors (Lipinski definition) is 0. The van der Waals surface area contributed by atoms with Gasteiger partial charge in [0.25, 0.3) is 0 Å². The fraction of sp³-hybridized carbons (Fsp3) is 0.538. The summed E-state index contributed by atoms with van der Waals surface area (Å²) < 4.78 is 18.6. The van der Waals surface area contributed by atoms with Crippen LogP contribution >= 0.6 is 15.9 Å². The molecule has 1 aromatic carbocycles. The fourth-order valence-electron chi connectivity index (χ4n) is 1.39. The lowest BCUT2D eigenvalue weighted by atomic mass is 9.99. The summed E-state index contributed by atoms with van der Waals surface area (Å²) in [5, 5.41) is 0.922. The summed E-state index contributed by atoms with van der Waals surface area (Å²) in [5.41, 5.74) is 0.845. The molecule has 0 saturated heterocycles. The van der Waals surface area contributed by atoms with Gasteiger partial charge in [-0.2, -0.15) is 0 Å². The largest absolute Gasteiger partial charge is 0.493 e. The maximum atomic E-state index is 12.9. The van der Waals surface area contributed by atoms with Crippen molar-refractivity contribution in [3.05, 3.63) is 29.6 Å². The van der Waals surface area contributed by atoms with Gasteiger partial charge in [0.05, 0.1) is 6.61 Å². The summed E-state index contributed by atoms with van der Waals surface area (Å²) >= 11 is 3.48. The van der Waals surface area contributed by atoms with E-state index in [2.05, 4.69) is 29.8 Å². The monoisotopic (exact) mass is 288 g/mol. The molecule has 0 aliphatic heterocycles. The lowest BCUT2D eigenvalue weighted by molar-refractivity contribution is 0.226. The highest BCUT2D eigenvalue weighted by molar-refractivity contribution is 9.09. The smallest absolute Gasteiger partial charge is 0.123 e. The number of benzene rings is 1. The third-order valence-electron chi connectivity index (χ3n) is 2.73. The molecule has 1 unspecified atom stereocenters. The van der Waals surface area contributed by atoms with Gasteiger partial charge in [-0.1, -0.05) is 29.8 Å². The molecule has 0 amide bonds. The lowest BCUT2D eigenvalue weighted by Crippen LogP contribution is -2.19. The zero-order valence-corrected chi connectivity index (χ0v) is 11.6. The van der Waals surface area contributed by atoms with Crippen molar-refractivity contribution < 1.29 is 9.13 Å². The summed E-state index contributed by atoms with van der Waals surface area (Å²) in [7, 11) is 0. The van der Waals surface area contributed by atoms with Crippen molar-refractivity contribution in [2.75, 3.05) is 11.9 Å². The maximum Gasteiger partial charge on any atom is 0.123 e. The highest BCUT2D eigenvalue weighted by Crippen LogP contribution is 2.21. The maximum absolute atomic E-state index is 12.9. The Balaban J connectivity index is 2.60. The number of rotatable bonds is 5. The molecular weight excluding hydrogens is 271 g/mol. The highest BCUT2D eigenvalue weighted by Gasteiger charge is 2.13. The van der Waals surface area contributed by atoms with Crippen LogP contribution in [-0.2, 0) is 0 Å². The van der Waals surface area contributed by atoms with Crippen molar-refractivity contribution >= 4 is 15.9 Å². The van der Waals surface area contributed by atoms with Crippen LogP contribution in [0.25, 0.3) is 0 Å². The number of hydrogen-bond acceptors (Lipinski definition) is 1. The molecule has 1 atom stereocenters. The molecule has 1 nitrogen and oxygen atoms in total. The Labute approximate surface area is 105 Å². The molecular formula is C13H18BrFO. The van der Waals surface area contributed by atoms with E-state index in [9.17, 15) is 4.39 Å². The molecule has 0 aliphatic carbocycles. The predicted octanol–water partition coefficient (Wildman–Crippen LogP) is 4.18. The fourth-order valence-corrected chi connectivity index (χ4v) is 2.32. The molecule has 1 aromatic rings. The van der Waals surface area contributed by atoms with Crippen LogP contribution in [0.15, 0.2) is 18.2 Å². The van der Waals surface area contributed by atoms with Crippen molar-refractivity contribution in [1.82, 2.24) is 0 Å². The SMILES string of the molecule is Cc1cc(F)ccc1OCC(CBr)C(C)C. The van der Waals surface area contributed by atoms with Crippen molar-refractivity contribution in [2.45, 2.75) is 20.8 Å². The van der Waals surface area contributed by atoms with E-state index in [1.165, 1.54) is 12.1 Å². The molecule has 0 spiro atoms. The van der Waals surface area contributed by atoms with Crippen LogP contribution in [0.2, 0.25) is 0 Å². The second-order valence-corrected chi connectivity index (χ2v) is 5.03. The molecule has 0 aliphatic rings. The molecule has 0 bridgehead atoms. The summed E-state index contributed by atoms with van der Waals surface area (Å²) in [5.74, 6) is 1.60. The highest BCUT2D eigenvalue weighted by atomic mass is 79.9. The molecule has 0 fully saturated rings. The quantitative estimate of drug-likeness (QED) is 0.739. The van der Waals surface area contributed by atoms with E-state index < -0.39 is 0 Å². The van der Waals surface area contributed by atoms with Crippen LogP contribution < -0.4 is 4.74 Å². The Morgan fingerprint density at radius 2 is 2.06 bits per heavy atom. The van der Waals surface area contributed by atoms with E-state index in [1.807, 2.05) is 6.92 Å². The van der Waals surface area contributed by atoms with Gasteiger partial charge in [-0.3, -0.25) is 0 Å². The summed E-state index contributed by atoms with van der Waals surface area (Å²) in [6.45, 7) is 6.87. The minimum Gasteiger partial charge on any atom is -0.493 e. The standard InChI is InChI=1S/C13H18BrFO/c1-9(2)11(7-14)8-16-13-5-4-12(15)6-10(13)3/h4-6,9,11H,7-8H2,1-3H3. The van der Waals surface area contributed by atoms with Gasteiger partial charge < -0.3 is 4.74 Å². The normalized spacial score (nSPS) is 12.9. The third kappa shape index (κ3) is 3.78. The van der Waals surface area contributed by atoms with Crippen molar-refractivity contribution in [2.24, 2.45) is 11.8 Å². The van der Waals surface area contributed by atoms with E-state index >= 15 is 0 Å². The molecule has 3 heteroatoms. The van der Waals surface area contributed by atoms with E-state index in [1.54, 1.807) is 6.07 Å². The van der Waals surface area contributed by atoms with Crippen molar-refractivity contribution in [3.8, 4) is 5.75 Å². The zero-order valence-electron chi connectivity index (χ0n) is 9.97. The van der Waals surface area contributed by atoms with E-state index in [-0.39, 0.29) is 5.82 Å². The molecule has 0 heterocycles. The van der Waals surface area contributed by atoms with Gasteiger partial charge in [-0.05, 0) is 36.6 Å². The van der Waals surface area contributed by atoms with Crippen LogP contribution in [0, 0.1) is 24.6 Å². The molecule has 0 radical (unpaired) electrons. The van der Waals surface area contributed by atoms with Gasteiger partial charge in [-0.25, -0.2) is 4.39 Å². The molecule has 0 saturated carbocycles. The first-order valence-corrected chi connectivity index (χ1v) is 6.61. The van der Waals surface area contributed by atoms with Crippen LogP contribution in [0.4, 0.5) is 4.39 Å². The summed E-state index contributed by atoms with van der Waals surface area (Å²) in [6, 6.07) is 4.62. The number of aryl methyl sites for hydroxylation is 1. The predicted molar refractivity (Wildman–Crippen MR) is 68.8 cm³/mol. The summed E-state index contributed by atoms with van der Waals surface area (Å²) in [4.78, 5) is 0. The van der Waals surface area contributed by atoms with Crippen molar-refractivity contribution in [3.63, 3.8) is 0 Å². The molecule has 0 aromatic heterocycles. The van der Waals surface area contributed by atoms with Gasteiger partial charge >= 0.3 is 0 Å². The Bertz CT molecular complexity index is 339. The van der Waals surface area contributed by atoms with Crippen LogP contribution in [0.1, 0.15) is 19.4 Å². The lowest BCUT2D eigenvalue weighted by Gasteiger charge is -2.19. The van der Waals surface area contributed by atoms with E-state index in [4.69, 9.17) is 4.74 Å². The Morgan fingerprint density at radius 3 is 2.56 bits per heavy atom. The van der Waals surface area contributed by atoms with Crippen LogP contribution in [-0.4, -0.2) is 11.9 Å². The van der Waals surface area contributed by atoms with Crippen molar-refractivity contribution in [1.29, 1.82) is 0 Å². The average Bonchev–Trinajstić information content (AvgIpc) is 2.21. The van der Waals surface area contributed by atoms with Gasteiger partial charge in [-0.15, -0.1) is 0 Å².